The molecular formula is C19H22N4O3. The third kappa shape index (κ3) is 3.80. The predicted molar refractivity (Wildman–Crippen MR) is 94.8 cm³/mol. The fourth-order valence-electron chi connectivity index (χ4n) is 3.31. The highest BCUT2D eigenvalue weighted by molar-refractivity contribution is 5.98. The lowest BCUT2D eigenvalue weighted by Crippen LogP contribution is -2.35. The van der Waals surface area contributed by atoms with Crippen LogP contribution in [0.3, 0.4) is 0 Å². The van der Waals surface area contributed by atoms with Crippen molar-refractivity contribution in [2.24, 2.45) is 0 Å². The summed E-state index contributed by atoms with van der Waals surface area (Å²) >= 11 is 0. The van der Waals surface area contributed by atoms with Crippen LogP contribution >= 0.6 is 0 Å². The molecule has 2 aromatic heterocycles. The molecule has 2 amide bonds. The highest BCUT2D eigenvalue weighted by Crippen LogP contribution is 2.25. The Balaban J connectivity index is 1.61. The fourth-order valence-corrected chi connectivity index (χ4v) is 3.31. The molecule has 2 N–H and O–H groups in total. The van der Waals surface area contributed by atoms with Crippen LogP contribution in [0, 0.1) is 18.3 Å². The Kier molecular flexibility index (Phi) is 5.42. The molecule has 0 aliphatic heterocycles. The van der Waals surface area contributed by atoms with Gasteiger partial charge in [0.15, 0.2) is 0 Å². The van der Waals surface area contributed by atoms with E-state index in [2.05, 4.69) is 10.6 Å². The first-order chi connectivity index (χ1) is 12.6. The van der Waals surface area contributed by atoms with Crippen LogP contribution in [0.2, 0.25) is 0 Å². The van der Waals surface area contributed by atoms with Crippen molar-refractivity contribution in [3.63, 3.8) is 0 Å². The lowest BCUT2D eigenvalue weighted by Gasteiger charge is -2.12. The minimum atomic E-state index is -0.408. The molecule has 0 bridgehead atoms. The Hall–Kier alpha value is -3.01. The third-order valence-corrected chi connectivity index (χ3v) is 4.60. The van der Waals surface area contributed by atoms with E-state index in [-0.39, 0.29) is 36.0 Å². The molecule has 0 unspecified atom stereocenters. The lowest BCUT2D eigenvalue weighted by atomic mass is 10.1. The molecule has 7 heteroatoms. The van der Waals surface area contributed by atoms with Crippen LogP contribution < -0.4 is 10.6 Å². The van der Waals surface area contributed by atoms with E-state index >= 15 is 0 Å². The van der Waals surface area contributed by atoms with E-state index in [0.29, 0.717) is 11.6 Å². The monoisotopic (exact) mass is 354 g/mol. The quantitative estimate of drug-likeness (QED) is 0.832. The maximum atomic E-state index is 12.5. The zero-order valence-electron chi connectivity index (χ0n) is 14.7. The maximum absolute atomic E-state index is 12.5. The number of hydrogen-bond donors (Lipinski definition) is 2. The van der Waals surface area contributed by atoms with Crippen LogP contribution in [-0.2, 0) is 4.79 Å². The van der Waals surface area contributed by atoms with Gasteiger partial charge in [-0.25, -0.2) is 0 Å². The molecule has 1 saturated carbocycles. The number of carbonyl (C=O) groups is 2. The Morgan fingerprint density at radius 1 is 1.31 bits per heavy atom. The second-order valence-corrected chi connectivity index (χ2v) is 6.47. The molecule has 2 heterocycles. The minimum absolute atomic E-state index is 0.0605. The van der Waals surface area contributed by atoms with Crippen LogP contribution in [0.4, 0.5) is 0 Å². The van der Waals surface area contributed by atoms with Crippen LogP contribution in [0.25, 0.3) is 5.88 Å². The van der Waals surface area contributed by atoms with E-state index in [9.17, 15) is 14.9 Å². The minimum Gasteiger partial charge on any atom is -0.443 e. The summed E-state index contributed by atoms with van der Waals surface area (Å²) in [5.41, 5.74) is 0.402. The summed E-state index contributed by atoms with van der Waals surface area (Å²) in [7, 11) is 0. The molecule has 3 rings (SSSR count). The van der Waals surface area contributed by atoms with E-state index in [1.165, 1.54) is 0 Å². The number of rotatable bonds is 6. The predicted octanol–water partition coefficient (Wildman–Crippen LogP) is 2.43. The Bertz CT molecular complexity index is 824. The Morgan fingerprint density at radius 2 is 2.00 bits per heavy atom. The van der Waals surface area contributed by atoms with Crippen LogP contribution in [0.1, 0.15) is 53.8 Å². The van der Waals surface area contributed by atoms with Gasteiger partial charge >= 0.3 is 0 Å². The summed E-state index contributed by atoms with van der Waals surface area (Å²) < 4.78 is 7.27. The molecule has 0 aromatic carbocycles. The molecule has 1 fully saturated rings. The summed E-state index contributed by atoms with van der Waals surface area (Å²) in [6.07, 6.45) is 8.07. The number of carbonyl (C=O) groups excluding carboxylic acids is 2. The first-order valence-electron chi connectivity index (χ1n) is 8.84. The standard InChI is InChI=1S/C19H22N4O3/c1-13-17(15(12-20)19(26-13)23-10-4-5-11-23)18(25)21-9-8-16(24)22-14-6-2-3-7-14/h4-5,10-11,14H,2-3,6-9H2,1H3,(H,21,25)(H,22,24). The van der Waals surface area contributed by atoms with Gasteiger partial charge in [0.2, 0.25) is 11.8 Å². The second kappa shape index (κ2) is 7.91. The molecule has 7 nitrogen and oxygen atoms in total. The summed E-state index contributed by atoms with van der Waals surface area (Å²) in [4.78, 5) is 24.4. The number of aromatic nitrogens is 1. The van der Waals surface area contributed by atoms with Gasteiger partial charge in [0.05, 0.1) is 0 Å². The summed E-state index contributed by atoms with van der Waals surface area (Å²) in [5, 5.41) is 15.2. The van der Waals surface area contributed by atoms with Gasteiger partial charge in [-0.3, -0.25) is 14.2 Å². The highest BCUT2D eigenvalue weighted by atomic mass is 16.4. The summed E-state index contributed by atoms with van der Waals surface area (Å²) in [6.45, 7) is 1.86. The van der Waals surface area contributed by atoms with Gasteiger partial charge in [-0.1, -0.05) is 12.8 Å². The van der Waals surface area contributed by atoms with E-state index in [1.807, 2.05) is 18.2 Å². The van der Waals surface area contributed by atoms with E-state index < -0.39 is 5.91 Å². The van der Waals surface area contributed by atoms with Crippen molar-refractivity contribution in [3.8, 4) is 12.0 Å². The van der Waals surface area contributed by atoms with Crippen LogP contribution in [-0.4, -0.2) is 29.0 Å². The van der Waals surface area contributed by atoms with Crippen molar-refractivity contribution in [2.45, 2.75) is 45.1 Å². The summed E-state index contributed by atoms with van der Waals surface area (Å²) in [5.74, 6) is 0.224. The number of nitrogens with one attached hydrogen (secondary N) is 2. The smallest absolute Gasteiger partial charge is 0.256 e. The molecule has 1 aliphatic carbocycles. The van der Waals surface area contributed by atoms with Gasteiger partial charge in [-0.15, -0.1) is 0 Å². The van der Waals surface area contributed by atoms with Gasteiger partial charge in [-0.2, -0.15) is 5.26 Å². The molecule has 26 heavy (non-hydrogen) atoms. The van der Waals surface area contributed by atoms with Crippen molar-refractivity contribution >= 4 is 11.8 Å². The molecule has 0 radical (unpaired) electrons. The van der Waals surface area contributed by atoms with Gasteiger partial charge in [0, 0.05) is 31.4 Å². The highest BCUT2D eigenvalue weighted by Gasteiger charge is 2.24. The Labute approximate surface area is 152 Å². The maximum Gasteiger partial charge on any atom is 0.256 e. The number of hydrogen-bond acceptors (Lipinski definition) is 4. The van der Waals surface area contributed by atoms with Gasteiger partial charge in [0.1, 0.15) is 23.0 Å². The van der Waals surface area contributed by atoms with Crippen molar-refractivity contribution in [1.29, 1.82) is 5.26 Å². The van der Waals surface area contributed by atoms with Gasteiger partial charge in [0.25, 0.3) is 5.91 Å². The Morgan fingerprint density at radius 3 is 2.65 bits per heavy atom. The average molecular weight is 354 g/mol. The number of furan rings is 1. The van der Waals surface area contributed by atoms with Gasteiger partial charge in [-0.05, 0) is 31.9 Å². The largest absolute Gasteiger partial charge is 0.443 e. The number of amides is 2. The molecule has 136 valence electrons. The zero-order chi connectivity index (χ0) is 18.5. The molecular weight excluding hydrogens is 332 g/mol. The average Bonchev–Trinajstić information content (AvgIpc) is 3.34. The van der Waals surface area contributed by atoms with Crippen molar-refractivity contribution in [1.82, 2.24) is 15.2 Å². The van der Waals surface area contributed by atoms with Crippen LogP contribution in [0.5, 0.6) is 0 Å². The van der Waals surface area contributed by atoms with E-state index in [1.54, 1.807) is 23.9 Å². The normalized spacial score (nSPS) is 14.2. The van der Waals surface area contributed by atoms with E-state index in [0.717, 1.165) is 25.7 Å². The molecule has 0 atom stereocenters. The van der Waals surface area contributed by atoms with E-state index in [4.69, 9.17) is 4.42 Å². The second-order valence-electron chi connectivity index (χ2n) is 6.47. The summed E-state index contributed by atoms with van der Waals surface area (Å²) in [6, 6.07) is 5.93. The first-order valence-corrected chi connectivity index (χ1v) is 8.84. The first kappa shape index (κ1) is 17.8. The zero-order valence-corrected chi connectivity index (χ0v) is 14.7. The lowest BCUT2D eigenvalue weighted by molar-refractivity contribution is -0.121. The molecule has 0 spiro atoms. The van der Waals surface area contributed by atoms with Crippen molar-refractivity contribution in [2.75, 3.05) is 6.54 Å². The van der Waals surface area contributed by atoms with Gasteiger partial charge < -0.3 is 15.1 Å². The molecule has 0 saturated heterocycles. The molecule has 1 aliphatic rings. The molecule has 2 aromatic rings. The topological polar surface area (TPSA) is 100 Å². The van der Waals surface area contributed by atoms with Crippen LogP contribution in [0.15, 0.2) is 28.9 Å². The number of nitriles is 1. The number of aryl methyl sites for hydroxylation is 1. The SMILES string of the molecule is Cc1oc(-n2cccc2)c(C#N)c1C(=O)NCCC(=O)NC1CCCC1. The fraction of sp³-hybridized carbons (Fsp3) is 0.421. The third-order valence-electron chi connectivity index (χ3n) is 4.60. The van der Waals surface area contributed by atoms with Crippen molar-refractivity contribution < 1.29 is 14.0 Å². The number of nitrogens with zero attached hydrogens (tertiary/aromatic N) is 2. The van der Waals surface area contributed by atoms with Crippen molar-refractivity contribution in [3.05, 3.63) is 41.4 Å².